The average molecular weight is 447 g/mol. The van der Waals surface area contributed by atoms with E-state index in [1.165, 1.54) is 22.5 Å². The van der Waals surface area contributed by atoms with Gasteiger partial charge < -0.3 is 9.88 Å². The highest BCUT2D eigenvalue weighted by molar-refractivity contribution is 7.89. The van der Waals surface area contributed by atoms with Gasteiger partial charge in [-0.05, 0) is 43.3 Å². The predicted molar refractivity (Wildman–Crippen MR) is 119 cm³/mol. The van der Waals surface area contributed by atoms with E-state index in [0.29, 0.717) is 43.1 Å². The van der Waals surface area contributed by atoms with Crippen LogP contribution >= 0.6 is 0 Å². The van der Waals surface area contributed by atoms with Crippen molar-refractivity contribution in [3.05, 3.63) is 54.1 Å². The quantitative estimate of drug-likeness (QED) is 0.542. The number of amides is 1. The number of imidazole rings is 1. The Morgan fingerprint density at radius 2 is 1.87 bits per heavy atom. The Kier molecular flexibility index (Phi) is 7.07. The third-order valence-corrected chi connectivity index (χ3v) is 7.19. The van der Waals surface area contributed by atoms with Crippen molar-refractivity contribution in [1.82, 2.24) is 13.9 Å². The number of halogens is 1. The van der Waals surface area contributed by atoms with Crippen LogP contribution in [0.5, 0.6) is 0 Å². The Balaban J connectivity index is 1.82. The molecule has 0 saturated heterocycles. The molecule has 0 aliphatic heterocycles. The molecule has 0 saturated carbocycles. The summed E-state index contributed by atoms with van der Waals surface area (Å²) in [6.07, 6.45) is 0.548. The van der Waals surface area contributed by atoms with Gasteiger partial charge in [0.15, 0.2) is 0 Å². The van der Waals surface area contributed by atoms with Crippen LogP contribution < -0.4 is 5.32 Å². The lowest BCUT2D eigenvalue weighted by molar-refractivity contribution is -0.116. The van der Waals surface area contributed by atoms with Crippen molar-refractivity contribution < 1.29 is 17.6 Å². The lowest BCUT2D eigenvalue weighted by Gasteiger charge is -2.18. The summed E-state index contributed by atoms with van der Waals surface area (Å²) >= 11 is 0. The summed E-state index contributed by atoms with van der Waals surface area (Å²) in [4.78, 5) is 17.1. The van der Waals surface area contributed by atoms with E-state index < -0.39 is 15.8 Å². The minimum atomic E-state index is -3.58. The molecule has 31 heavy (non-hydrogen) atoms. The van der Waals surface area contributed by atoms with E-state index in [9.17, 15) is 17.6 Å². The molecule has 1 aromatic heterocycles. The van der Waals surface area contributed by atoms with Gasteiger partial charge in [-0.1, -0.05) is 19.9 Å². The highest BCUT2D eigenvalue weighted by Gasteiger charge is 2.23. The molecule has 0 bridgehead atoms. The van der Waals surface area contributed by atoms with Gasteiger partial charge in [-0.25, -0.2) is 17.8 Å². The molecule has 0 fully saturated rings. The number of hydrogen-bond acceptors (Lipinski definition) is 4. The number of carbonyl (C=O) groups is 1. The summed E-state index contributed by atoms with van der Waals surface area (Å²) < 4.78 is 42.3. The third-order valence-electron chi connectivity index (χ3n) is 5.14. The molecular weight excluding hydrogens is 419 g/mol. The number of nitrogens with one attached hydrogen (secondary N) is 1. The molecule has 0 unspecified atom stereocenters. The Bertz CT molecular complexity index is 1190. The first-order valence-electron chi connectivity index (χ1n) is 10.3. The van der Waals surface area contributed by atoms with Crippen LogP contribution in [0.4, 0.5) is 10.1 Å². The van der Waals surface area contributed by atoms with Crippen LogP contribution in [0.3, 0.4) is 0 Å². The van der Waals surface area contributed by atoms with E-state index >= 15 is 0 Å². The van der Waals surface area contributed by atoms with Crippen LogP contribution in [0.2, 0.25) is 0 Å². The van der Waals surface area contributed by atoms with Crippen LogP contribution in [-0.2, 0) is 27.8 Å². The molecule has 3 aromatic rings. The van der Waals surface area contributed by atoms with Gasteiger partial charge in [-0.15, -0.1) is 0 Å². The molecule has 0 atom stereocenters. The van der Waals surface area contributed by atoms with Crippen LogP contribution in [-0.4, -0.2) is 41.3 Å². The van der Waals surface area contributed by atoms with E-state index in [2.05, 4.69) is 10.3 Å². The highest BCUT2D eigenvalue weighted by Crippen LogP contribution is 2.23. The number of aromatic nitrogens is 2. The second kappa shape index (κ2) is 9.57. The second-order valence-electron chi connectivity index (χ2n) is 7.07. The van der Waals surface area contributed by atoms with Crippen molar-refractivity contribution in [2.24, 2.45) is 0 Å². The van der Waals surface area contributed by atoms with Gasteiger partial charge in [0.1, 0.15) is 11.6 Å². The maximum absolute atomic E-state index is 13.3. The molecule has 3 rings (SSSR count). The van der Waals surface area contributed by atoms with Crippen LogP contribution in [0, 0.1) is 5.82 Å². The Labute approximate surface area is 181 Å². The van der Waals surface area contributed by atoms with Gasteiger partial charge >= 0.3 is 0 Å². The first kappa shape index (κ1) is 22.9. The van der Waals surface area contributed by atoms with Crippen molar-refractivity contribution in [3.63, 3.8) is 0 Å². The molecule has 2 aromatic carbocycles. The van der Waals surface area contributed by atoms with Gasteiger partial charge in [-0.3, -0.25) is 4.79 Å². The minimum absolute atomic E-state index is 0.171. The number of carbonyl (C=O) groups excluding carboxylic acids is 1. The zero-order chi connectivity index (χ0) is 22.6. The summed E-state index contributed by atoms with van der Waals surface area (Å²) in [7, 11) is -3.58. The summed E-state index contributed by atoms with van der Waals surface area (Å²) in [5, 5.41) is 2.68. The van der Waals surface area contributed by atoms with Gasteiger partial charge in [0, 0.05) is 38.2 Å². The molecule has 0 radical (unpaired) electrons. The fourth-order valence-corrected chi connectivity index (χ4v) is 5.07. The average Bonchev–Trinajstić information content (AvgIpc) is 3.09. The first-order chi connectivity index (χ1) is 14.8. The molecule has 1 amide bonds. The van der Waals surface area contributed by atoms with E-state index in [0.717, 1.165) is 5.52 Å². The van der Waals surface area contributed by atoms with Crippen molar-refractivity contribution >= 4 is 32.7 Å². The lowest BCUT2D eigenvalue weighted by Crippen LogP contribution is -2.30. The molecule has 0 aliphatic rings. The number of fused-ring (bicyclic) bond motifs is 1. The first-order valence-corrected chi connectivity index (χ1v) is 11.8. The SMILES string of the molecule is CCN(CC)S(=O)(=O)c1ccc2c(c1)nc(CCC(=O)Nc1cccc(F)c1)n2CC. The third kappa shape index (κ3) is 4.94. The molecule has 7 nitrogen and oxygen atoms in total. The summed E-state index contributed by atoms with van der Waals surface area (Å²) in [5.41, 5.74) is 1.80. The molecule has 1 N–H and O–H groups in total. The van der Waals surface area contributed by atoms with Crippen molar-refractivity contribution in [3.8, 4) is 0 Å². The number of benzene rings is 2. The molecule has 9 heteroatoms. The van der Waals surface area contributed by atoms with E-state index in [4.69, 9.17) is 0 Å². The smallest absolute Gasteiger partial charge is 0.243 e. The van der Waals surface area contributed by atoms with Crippen molar-refractivity contribution in [2.75, 3.05) is 18.4 Å². The Morgan fingerprint density at radius 1 is 1.13 bits per heavy atom. The summed E-state index contributed by atoms with van der Waals surface area (Å²) in [6, 6.07) is 10.7. The van der Waals surface area contributed by atoms with Gasteiger partial charge in [-0.2, -0.15) is 4.31 Å². The molecule has 0 spiro atoms. The maximum atomic E-state index is 13.3. The van der Waals surface area contributed by atoms with E-state index in [1.807, 2.05) is 11.5 Å². The zero-order valence-electron chi connectivity index (χ0n) is 17.9. The fraction of sp³-hybridized carbons (Fsp3) is 0.364. The van der Waals surface area contributed by atoms with Crippen molar-refractivity contribution in [1.29, 1.82) is 0 Å². The summed E-state index contributed by atoms with van der Waals surface area (Å²) in [5.74, 6) is 0.0374. The maximum Gasteiger partial charge on any atom is 0.243 e. The van der Waals surface area contributed by atoms with E-state index in [1.54, 1.807) is 38.1 Å². The summed E-state index contributed by atoms with van der Waals surface area (Å²) in [6.45, 7) is 7.01. The number of aryl methyl sites for hydroxylation is 2. The monoisotopic (exact) mass is 446 g/mol. The molecule has 0 aliphatic carbocycles. The predicted octanol–water partition coefficient (Wildman–Crippen LogP) is 3.80. The Hall–Kier alpha value is -2.78. The van der Waals surface area contributed by atoms with Gasteiger partial charge in [0.25, 0.3) is 0 Å². The molecule has 166 valence electrons. The van der Waals surface area contributed by atoms with Crippen molar-refractivity contribution in [2.45, 2.75) is 45.1 Å². The lowest BCUT2D eigenvalue weighted by atomic mass is 10.2. The number of sulfonamides is 1. The molecule has 1 heterocycles. The number of anilines is 1. The van der Waals surface area contributed by atoms with Crippen LogP contribution in [0.1, 0.15) is 33.0 Å². The largest absolute Gasteiger partial charge is 0.328 e. The standard InChI is InChI=1S/C22H27FN4O3S/c1-4-26(5-2)31(29,30)18-10-11-20-19(15-18)25-21(27(20)6-3)12-13-22(28)24-17-9-7-8-16(23)14-17/h7-11,14-15H,4-6,12-13H2,1-3H3,(H,24,28). The second-order valence-corrected chi connectivity index (χ2v) is 9.01. The van der Waals surface area contributed by atoms with Crippen LogP contribution in [0.15, 0.2) is 47.4 Å². The van der Waals surface area contributed by atoms with Crippen LogP contribution in [0.25, 0.3) is 11.0 Å². The number of hydrogen-bond donors (Lipinski definition) is 1. The number of rotatable bonds is 9. The zero-order valence-corrected chi connectivity index (χ0v) is 18.7. The topological polar surface area (TPSA) is 84.3 Å². The van der Waals surface area contributed by atoms with E-state index in [-0.39, 0.29) is 17.2 Å². The highest BCUT2D eigenvalue weighted by atomic mass is 32.2. The van der Waals surface area contributed by atoms with Gasteiger partial charge in [0.2, 0.25) is 15.9 Å². The Morgan fingerprint density at radius 3 is 2.52 bits per heavy atom. The normalized spacial score (nSPS) is 11.9. The minimum Gasteiger partial charge on any atom is -0.328 e. The number of nitrogens with zero attached hydrogens (tertiary/aromatic N) is 3. The van der Waals surface area contributed by atoms with Gasteiger partial charge in [0.05, 0.1) is 15.9 Å². The molecular formula is C22H27FN4O3S. The fourth-order valence-electron chi connectivity index (χ4n) is 3.59.